The van der Waals surface area contributed by atoms with Gasteiger partial charge in [0.25, 0.3) is 5.91 Å². The standard InChI is InChI=1S/C17H17Cl2N3O3/c1-3-25-17(24)15-11-8-22(9(2)6-14(11)20-21-15)16(23)10-4-5-12(18)13(19)7-10/h4-5,7,9H,3,6,8H2,1-2H3,(H,20,21)/t9-/m1/s1. The second-order valence-corrected chi connectivity index (χ2v) is 6.67. The van der Waals surface area contributed by atoms with E-state index in [1.54, 1.807) is 30.0 Å². The highest BCUT2D eigenvalue weighted by atomic mass is 35.5. The van der Waals surface area contributed by atoms with Crippen LogP contribution in [0.2, 0.25) is 10.0 Å². The third-order valence-electron chi connectivity index (χ3n) is 4.21. The van der Waals surface area contributed by atoms with E-state index in [0.717, 1.165) is 5.69 Å². The number of nitrogens with one attached hydrogen (secondary N) is 1. The molecular formula is C17H17Cl2N3O3. The van der Waals surface area contributed by atoms with E-state index in [4.69, 9.17) is 27.9 Å². The number of carbonyl (C=O) groups excluding carboxylic acids is 2. The molecule has 0 spiro atoms. The Balaban J connectivity index is 1.89. The Kier molecular flexibility index (Phi) is 5.01. The highest BCUT2D eigenvalue weighted by Gasteiger charge is 2.33. The van der Waals surface area contributed by atoms with E-state index in [9.17, 15) is 9.59 Å². The zero-order valence-corrected chi connectivity index (χ0v) is 15.3. The van der Waals surface area contributed by atoms with Crippen molar-refractivity contribution in [1.29, 1.82) is 0 Å². The molecule has 1 aliphatic rings. The van der Waals surface area contributed by atoms with Crippen LogP contribution in [0.25, 0.3) is 0 Å². The Morgan fingerprint density at radius 3 is 2.80 bits per heavy atom. The Morgan fingerprint density at radius 1 is 1.36 bits per heavy atom. The molecule has 0 saturated heterocycles. The van der Waals surface area contributed by atoms with Crippen molar-refractivity contribution in [3.63, 3.8) is 0 Å². The molecule has 8 heteroatoms. The predicted molar refractivity (Wildman–Crippen MR) is 94.0 cm³/mol. The quantitative estimate of drug-likeness (QED) is 0.825. The summed E-state index contributed by atoms with van der Waals surface area (Å²) in [5.74, 6) is -0.638. The molecule has 0 unspecified atom stereocenters. The lowest BCUT2D eigenvalue weighted by atomic mass is 9.98. The number of benzene rings is 1. The normalized spacial score (nSPS) is 16.5. The summed E-state index contributed by atoms with van der Waals surface area (Å²) >= 11 is 11.9. The lowest BCUT2D eigenvalue weighted by molar-refractivity contribution is 0.0509. The zero-order valence-electron chi connectivity index (χ0n) is 13.8. The third kappa shape index (κ3) is 3.37. The fraction of sp³-hybridized carbons (Fsp3) is 0.353. The van der Waals surface area contributed by atoms with Crippen molar-refractivity contribution in [2.75, 3.05) is 6.61 Å². The number of H-pyrrole nitrogens is 1. The lowest BCUT2D eigenvalue weighted by Crippen LogP contribution is -2.42. The van der Waals surface area contributed by atoms with Crippen LogP contribution >= 0.6 is 23.2 Å². The van der Waals surface area contributed by atoms with Gasteiger partial charge in [0.2, 0.25) is 0 Å². The zero-order chi connectivity index (χ0) is 18.1. The van der Waals surface area contributed by atoms with Crippen molar-refractivity contribution in [1.82, 2.24) is 15.1 Å². The maximum absolute atomic E-state index is 12.9. The van der Waals surface area contributed by atoms with E-state index in [2.05, 4.69) is 10.2 Å². The minimum Gasteiger partial charge on any atom is -0.461 e. The highest BCUT2D eigenvalue weighted by Crippen LogP contribution is 2.28. The number of hydrogen-bond donors (Lipinski definition) is 1. The van der Waals surface area contributed by atoms with Crippen molar-refractivity contribution >= 4 is 35.1 Å². The summed E-state index contributed by atoms with van der Waals surface area (Å²) in [5, 5.41) is 7.66. The number of halogens is 2. The molecule has 0 radical (unpaired) electrons. The van der Waals surface area contributed by atoms with Crippen molar-refractivity contribution in [2.45, 2.75) is 32.9 Å². The molecule has 132 valence electrons. The van der Waals surface area contributed by atoms with Gasteiger partial charge in [-0.25, -0.2) is 4.79 Å². The van der Waals surface area contributed by atoms with Crippen molar-refractivity contribution in [3.8, 4) is 0 Å². The first-order valence-electron chi connectivity index (χ1n) is 7.91. The molecule has 1 aliphatic heterocycles. The summed E-state index contributed by atoms with van der Waals surface area (Å²) in [4.78, 5) is 26.6. The number of hydrogen-bond acceptors (Lipinski definition) is 4. The van der Waals surface area contributed by atoms with E-state index in [1.807, 2.05) is 6.92 Å². The maximum atomic E-state index is 12.9. The molecule has 1 amide bonds. The summed E-state index contributed by atoms with van der Waals surface area (Å²) < 4.78 is 5.04. The minimum atomic E-state index is -0.465. The first-order valence-corrected chi connectivity index (χ1v) is 8.67. The average Bonchev–Trinajstić information content (AvgIpc) is 2.99. The number of nitrogens with zero attached hydrogens (tertiary/aromatic N) is 2. The molecule has 0 bridgehead atoms. The van der Waals surface area contributed by atoms with Gasteiger partial charge in [0.1, 0.15) is 5.69 Å². The fourth-order valence-corrected chi connectivity index (χ4v) is 3.20. The molecule has 1 atom stereocenters. The second-order valence-electron chi connectivity index (χ2n) is 5.86. The van der Waals surface area contributed by atoms with Crippen molar-refractivity contribution in [2.24, 2.45) is 0 Å². The molecule has 3 rings (SSSR count). The van der Waals surface area contributed by atoms with Crippen LogP contribution in [0.5, 0.6) is 0 Å². The first-order chi connectivity index (χ1) is 11.9. The number of fused-ring (bicyclic) bond motifs is 1. The van der Waals surface area contributed by atoms with Gasteiger partial charge >= 0.3 is 5.97 Å². The minimum absolute atomic E-state index is 0.0622. The number of aromatic nitrogens is 2. The molecule has 0 aliphatic carbocycles. The SMILES string of the molecule is CCOC(=O)c1[nH]nc2c1CN(C(=O)c1ccc(Cl)c(Cl)c1)[C@H](C)C2. The molecule has 2 aromatic rings. The Bertz CT molecular complexity index is 835. The van der Waals surface area contributed by atoms with Gasteiger partial charge in [0, 0.05) is 23.6 Å². The number of ether oxygens (including phenoxy) is 1. The molecule has 0 saturated carbocycles. The number of rotatable bonds is 3. The molecule has 2 heterocycles. The van der Waals surface area contributed by atoms with Gasteiger partial charge in [-0.05, 0) is 32.0 Å². The van der Waals surface area contributed by atoms with Crippen LogP contribution in [-0.4, -0.2) is 39.6 Å². The van der Waals surface area contributed by atoms with Gasteiger partial charge in [-0.2, -0.15) is 5.10 Å². The van der Waals surface area contributed by atoms with Crippen LogP contribution in [0.1, 0.15) is 46.0 Å². The van der Waals surface area contributed by atoms with Gasteiger partial charge in [0.05, 0.1) is 28.9 Å². The summed E-state index contributed by atoms with van der Waals surface area (Å²) in [6.07, 6.45) is 0.554. The smallest absolute Gasteiger partial charge is 0.356 e. The molecule has 1 N–H and O–H groups in total. The third-order valence-corrected chi connectivity index (χ3v) is 4.95. The Morgan fingerprint density at radius 2 is 2.12 bits per heavy atom. The van der Waals surface area contributed by atoms with Crippen LogP contribution in [0.4, 0.5) is 0 Å². The number of esters is 1. The lowest BCUT2D eigenvalue weighted by Gasteiger charge is -2.33. The average molecular weight is 382 g/mol. The van der Waals surface area contributed by atoms with Crippen LogP contribution in [0.15, 0.2) is 18.2 Å². The van der Waals surface area contributed by atoms with Crippen LogP contribution in [0.3, 0.4) is 0 Å². The Hall–Kier alpha value is -2.05. The van der Waals surface area contributed by atoms with Crippen LogP contribution in [-0.2, 0) is 17.7 Å². The van der Waals surface area contributed by atoms with E-state index >= 15 is 0 Å². The summed E-state index contributed by atoms with van der Waals surface area (Å²) in [5.41, 5.74) is 2.24. The van der Waals surface area contributed by atoms with E-state index in [1.165, 1.54) is 0 Å². The van der Waals surface area contributed by atoms with Crippen LogP contribution in [0, 0.1) is 0 Å². The largest absolute Gasteiger partial charge is 0.461 e. The van der Waals surface area contributed by atoms with Gasteiger partial charge in [-0.15, -0.1) is 0 Å². The fourth-order valence-electron chi connectivity index (χ4n) is 2.90. The van der Waals surface area contributed by atoms with E-state index in [-0.39, 0.29) is 25.1 Å². The Labute approximate surface area is 155 Å². The number of aromatic amines is 1. The van der Waals surface area contributed by atoms with Gasteiger partial charge < -0.3 is 9.64 Å². The van der Waals surface area contributed by atoms with Crippen molar-refractivity contribution in [3.05, 3.63) is 50.8 Å². The monoisotopic (exact) mass is 381 g/mol. The van der Waals surface area contributed by atoms with Crippen molar-refractivity contribution < 1.29 is 14.3 Å². The number of amides is 1. The molecule has 1 aromatic heterocycles. The molecule has 25 heavy (non-hydrogen) atoms. The summed E-state index contributed by atoms with van der Waals surface area (Å²) in [6, 6.07) is 4.73. The van der Waals surface area contributed by atoms with Gasteiger partial charge in [-0.1, -0.05) is 23.2 Å². The van der Waals surface area contributed by atoms with Gasteiger partial charge in [-0.3, -0.25) is 9.89 Å². The first kappa shape index (κ1) is 17.8. The molecule has 0 fully saturated rings. The van der Waals surface area contributed by atoms with E-state index < -0.39 is 5.97 Å². The summed E-state index contributed by atoms with van der Waals surface area (Å²) in [7, 11) is 0. The maximum Gasteiger partial charge on any atom is 0.356 e. The highest BCUT2D eigenvalue weighted by molar-refractivity contribution is 6.42. The van der Waals surface area contributed by atoms with E-state index in [0.29, 0.717) is 33.3 Å². The molecular weight excluding hydrogens is 365 g/mol. The van der Waals surface area contributed by atoms with Crippen LogP contribution < -0.4 is 0 Å². The summed E-state index contributed by atoms with van der Waals surface area (Å²) in [6.45, 7) is 4.23. The molecule has 1 aromatic carbocycles. The molecule has 6 nitrogen and oxygen atoms in total. The van der Waals surface area contributed by atoms with Gasteiger partial charge in [0.15, 0.2) is 0 Å². The second kappa shape index (κ2) is 7.06. The number of carbonyl (C=O) groups is 2. The topological polar surface area (TPSA) is 75.3 Å². The predicted octanol–water partition coefficient (Wildman–Crippen LogP) is 3.48.